The largest absolute Gasteiger partial charge is 0.507 e. The average Bonchev–Trinajstić information content (AvgIpc) is 3.24. The van der Waals surface area contributed by atoms with Crippen LogP contribution in [0.3, 0.4) is 0 Å². The minimum atomic E-state index is -0.820. The standard InChI is InChI=1S/C34H39NO6/c1-4-7-11-21-41-28-19-16-26(22-29(28)39-6-3)31-30(32(36)25-14-17-27(18-15-25)40-20-5-2)33(37)34(38)35(31)23-24-12-9-8-10-13-24/h8-10,12-19,22,31,36H,4-7,11,20-21,23H2,1-3H3/b32-30+. The molecule has 1 unspecified atom stereocenters. The van der Waals surface area contributed by atoms with Gasteiger partial charge in [-0.2, -0.15) is 0 Å². The fraction of sp³-hybridized carbons (Fsp3) is 0.353. The topological polar surface area (TPSA) is 85.3 Å². The fourth-order valence-corrected chi connectivity index (χ4v) is 4.87. The van der Waals surface area contributed by atoms with Crippen molar-refractivity contribution in [3.8, 4) is 17.2 Å². The van der Waals surface area contributed by atoms with Gasteiger partial charge in [0.05, 0.1) is 31.4 Å². The summed E-state index contributed by atoms with van der Waals surface area (Å²) in [6.45, 7) is 7.83. The molecule has 1 atom stereocenters. The van der Waals surface area contributed by atoms with Crippen molar-refractivity contribution < 1.29 is 28.9 Å². The molecule has 1 aliphatic heterocycles. The van der Waals surface area contributed by atoms with Crippen LogP contribution >= 0.6 is 0 Å². The molecule has 41 heavy (non-hydrogen) atoms. The zero-order valence-corrected chi connectivity index (χ0v) is 24.1. The lowest BCUT2D eigenvalue weighted by molar-refractivity contribution is -0.140. The number of ether oxygens (including phenoxy) is 3. The van der Waals surface area contributed by atoms with Crippen LogP contribution in [0.4, 0.5) is 0 Å². The molecule has 0 radical (unpaired) electrons. The van der Waals surface area contributed by atoms with Gasteiger partial charge in [0.25, 0.3) is 11.7 Å². The minimum absolute atomic E-state index is 0.0345. The summed E-state index contributed by atoms with van der Waals surface area (Å²) in [5, 5.41) is 11.5. The molecule has 1 saturated heterocycles. The van der Waals surface area contributed by atoms with Gasteiger partial charge >= 0.3 is 0 Å². The molecule has 0 spiro atoms. The third kappa shape index (κ3) is 7.09. The van der Waals surface area contributed by atoms with Crippen molar-refractivity contribution >= 4 is 17.4 Å². The summed E-state index contributed by atoms with van der Waals surface area (Å²) in [5.74, 6) is 0.177. The highest BCUT2D eigenvalue weighted by Crippen LogP contribution is 2.43. The van der Waals surface area contributed by atoms with E-state index in [0.29, 0.717) is 48.2 Å². The van der Waals surface area contributed by atoms with Crippen LogP contribution in [-0.4, -0.2) is 41.5 Å². The van der Waals surface area contributed by atoms with Crippen molar-refractivity contribution in [3.05, 3.63) is 95.1 Å². The fourth-order valence-electron chi connectivity index (χ4n) is 4.87. The number of carbonyl (C=O) groups excluding carboxylic acids is 2. The highest BCUT2D eigenvalue weighted by molar-refractivity contribution is 6.46. The highest BCUT2D eigenvalue weighted by atomic mass is 16.5. The van der Waals surface area contributed by atoms with Crippen LogP contribution in [-0.2, 0) is 16.1 Å². The number of hydrogen-bond acceptors (Lipinski definition) is 6. The van der Waals surface area contributed by atoms with Crippen molar-refractivity contribution in [2.45, 2.75) is 59.0 Å². The number of ketones is 1. The Morgan fingerprint density at radius 3 is 2.24 bits per heavy atom. The molecule has 0 aliphatic carbocycles. The summed E-state index contributed by atoms with van der Waals surface area (Å²) in [6, 6.07) is 21.0. The number of Topliss-reactive ketones (excluding diaryl/α,β-unsaturated/α-hetero) is 1. The first-order valence-corrected chi connectivity index (χ1v) is 14.4. The molecule has 3 aromatic rings. The third-order valence-electron chi connectivity index (χ3n) is 6.93. The molecule has 216 valence electrons. The van der Waals surface area contributed by atoms with E-state index in [4.69, 9.17) is 14.2 Å². The average molecular weight is 558 g/mol. The number of unbranched alkanes of at least 4 members (excludes halogenated alkanes) is 2. The van der Waals surface area contributed by atoms with Gasteiger partial charge < -0.3 is 24.2 Å². The van der Waals surface area contributed by atoms with E-state index in [-0.39, 0.29) is 17.9 Å². The Labute approximate surface area is 242 Å². The molecule has 3 aromatic carbocycles. The zero-order valence-electron chi connectivity index (χ0n) is 24.1. The number of likely N-dealkylation sites (tertiary alicyclic amines) is 1. The highest BCUT2D eigenvalue weighted by Gasteiger charge is 2.46. The predicted molar refractivity (Wildman–Crippen MR) is 159 cm³/mol. The normalized spacial score (nSPS) is 16.2. The van der Waals surface area contributed by atoms with Crippen LogP contribution < -0.4 is 14.2 Å². The Morgan fingerprint density at radius 2 is 1.56 bits per heavy atom. The van der Waals surface area contributed by atoms with E-state index < -0.39 is 17.7 Å². The van der Waals surface area contributed by atoms with Crippen LogP contribution in [0.25, 0.3) is 5.76 Å². The van der Waals surface area contributed by atoms with E-state index in [1.807, 2.05) is 62.4 Å². The maximum absolute atomic E-state index is 13.5. The third-order valence-corrected chi connectivity index (χ3v) is 6.93. The predicted octanol–water partition coefficient (Wildman–Crippen LogP) is 7.07. The molecule has 1 N–H and O–H groups in total. The van der Waals surface area contributed by atoms with E-state index in [1.165, 1.54) is 4.90 Å². The van der Waals surface area contributed by atoms with Crippen molar-refractivity contribution in [3.63, 3.8) is 0 Å². The summed E-state index contributed by atoms with van der Waals surface area (Å²) < 4.78 is 17.6. The summed E-state index contributed by atoms with van der Waals surface area (Å²) in [4.78, 5) is 28.5. The lowest BCUT2D eigenvalue weighted by Gasteiger charge is -2.26. The first-order valence-electron chi connectivity index (χ1n) is 14.4. The van der Waals surface area contributed by atoms with Crippen LogP contribution in [0.15, 0.2) is 78.4 Å². The van der Waals surface area contributed by atoms with Crippen molar-refractivity contribution in [2.75, 3.05) is 19.8 Å². The van der Waals surface area contributed by atoms with E-state index in [1.54, 1.807) is 24.3 Å². The Kier molecular flexibility index (Phi) is 10.4. The minimum Gasteiger partial charge on any atom is -0.507 e. The zero-order chi connectivity index (χ0) is 29.2. The first kappa shape index (κ1) is 29.7. The molecule has 0 saturated carbocycles. The lowest BCUT2D eigenvalue weighted by atomic mass is 9.94. The molecular formula is C34H39NO6. The maximum Gasteiger partial charge on any atom is 0.295 e. The molecule has 1 amide bonds. The van der Waals surface area contributed by atoms with Gasteiger partial charge in [0.2, 0.25) is 0 Å². The number of aliphatic hydroxyl groups is 1. The van der Waals surface area contributed by atoms with Crippen LogP contribution in [0.2, 0.25) is 0 Å². The quantitative estimate of drug-likeness (QED) is 0.0988. The van der Waals surface area contributed by atoms with Crippen molar-refractivity contribution in [2.24, 2.45) is 0 Å². The van der Waals surface area contributed by atoms with Gasteiger partial charge in [-0.1, -0.05) is 63.1 Å². The summed E-state index contributed by atoms with van der Waals surface area (Å²) in [6.07, 6.45) is 3.97. The van der Waals surface area contributed by atoms with Crippen molar-refractivity contribution in [1.82, 2.24) is 4.90 Å². The number of carbonyl (C=O) groups is 2. The Hall–Kier alpha value is -4.26. The second-order valence-corrected chi connectivity index (χ2v) is 9.98. The maximum atomic E-state index is 13.5. The van der Waals surface area contributed by atoms with Crippen molar-refractivity contribution in [1.29, 1.82) is 0 Å². The summed E-state index contributed by atoms with van der Waals surface area (Å²) in [5.41, 5.74) is 1.98. The Balaban J connectivity index is 1.77. The number of benzene rings is 3. The molecule has 1 heterocycles. The monoisotopic (exact) mass is 557 g/mol. The van der Waals surface area contributed by atoms with E-state index >= 15 is 0 Å². The number of nitrogens with zero attached hydrogens (tertiary/aromatic N) is 1. The summed E-state index contributed by atoms with van der Waals surface area (Å²) >= 11 is 0. The Bertz CT molecular complexity index is 1350. The Morgan fingerprint density at radius 1 is 0.805 bits per heavy atom. The lowest BCUT2D eigenvalue weighted by Crippen LogP contribution is -2.29. The number of aliphatic hydroxyl groups excluding tert-OH is 1. The number of rotatable bonds is 14. The molecular weight excluding hydrogens is 518 g/mol. The van der Waals surface area contributed by atoms with E-state index in [9.17, 15) is 14.7 Å². The van der Waals surface area contributed by atoms with Crippen LogP contribution in [0, 0.1) is 0 Å². The van der Waals surface area contributed by atoms with Gasteiger partial charge in [0.15, 0.2) is 11.5 Å². The van der Waals surface area contributed by atoms with E-state index in [2.05, 4.69) is 6.92 Å². The molecule has 7 nitrogen and oxygen atoms in total. The first-order chi connectivity index (χ1) is 20.0. The second-order valence-electron chi connectivity index (χ2n) is 9.98. The van der Waals surface area contributed by atoms with E-state index in [0.717, 1.165) is 31.2 Å². The van der Waals surface area contributed by atoms with Gasteiger partial charge in [-0.15, -0.1) is 0 Å². The molecule has 0 bridgehead atoms. The summed E-state index contributed by atoms with van der Waals surface area (Å²) in [7, 11) is 0. The molecule has 1 aliphatic rings. The van der Waals surface area contributed by atoms with Gasteiger partial charge in [0, 0.05) is 12.1 Å². The molecule has 4 rings (SSSR count). The number of hydrogen-bond donors (Lipinski definition) is 1. The van der Waals surface area contributed by atoms with Gasteiger partial charge in [-0.25, -0.2) is 0 Å². The molecule has 0 aromatic heterocycles. The number of amides is 1. The van der Waals surface area contributed by atoms with Gasteiger partial charge in [-0.3, -0.25) is 9.59 Å². The van der Waals surface area contributed by atoms with Crippen LogP contribution in [0.1, 0.15) is 69.2 Å². The smallest absolute Gasteiger partial charge is 0.295 e. The SMILES string of the molecule is CCCCCOc1ccc(C2/C(=C(\O)c3ccc(OCCC)cc3)C(=O)C(=O)N2Cc2ccccc2)cc1OCC. The van der Waals surface area contributed by atoms with Crippen LogP contribution in [0.5, 0.6) is 17.2 Å². The molecule has 7 heteroatoms. The van der Waals surface area contributed by atoms with Gasteiger partial charge in [0.1, 0.15) is 11.5 Å². The molecule has 1 fully saturated rings. The second kappa shape index (κ2) is 14.4. The van der Waals surface area contributed by atoms with Gasteiger partial charge in [-0.05, 0) is 67.3 Å².